The Hall–Kier alpha value is -2.37. The normalized spacial score (nSPS) is 18.7. The fourth-order valence-electron chi connectivity index (χ4n) is 4.96. The van der Waals surface area contributed by atoms with Crippen LogP contribution in [0.5, 0.6) is 0 Å². The zero-order valence-corrected chi connectivity index (χ0v) is 19.5. The highest BCUT2D eigenvalue weighted by Gasteiger charge is 2.50. The van der Waals surface area contributed by atoms with Crippen molar-refractivity contribution in [3.63, 3.8) is 0 Å². The second kappa shape index (κ2) is 9.24. The molecule has 0 aromatic heterocycles. The van der Waals surface area contributed by atoms with Crippen LogP contribution in [0.25, 0.3) is 0 Å². The van der Waals surface area contributed by atoms with E-state index in [9.17, 15) is 14.7 Å². The molecule has 0 saturated heterocycles. The molecule has 2 aromatic carbocycles. The Morgan fingerprint density at radius 3 is 2.28 bits per heavy atom. The molecular weight excluding hydrogens is 447 g/mol. The average molecular weight is 473 g/mol. The van der Waals surface area contributed by atoms with Crippen LogP contribution < -0.4 is 0 Å². The smallest absolute Gasteiger partial charge is 0.335 e. The van der Waals surface area contributed by atoms with Crippen LogP contribution in [0.3, 0.4) is 0 Å². The first-order valence-corrected chi connectivity index (χ1v) is 11.8. The minimum Gasteiger partial charge on any atom is -0.478 e. The molecule has 168 valence electrons. The molecule has 1 aliphatic heterocycles. The molecule has 4 rings (SSSR count). The minimum atomic E-state index is -0.965. The lowest BCUT2D eigenvalue weighted by atomic mass is 9.86. The third-order valence-corrected chi connectivity index (χ3v) is 6.83. The summed E-state index contributed by atoms with van der Waals surface area (Å²) in [5, 5.41) is 10.2. The van der Waals surface area contributed by atoms with Gasteiger partial charge in [0.05, 0.1) is 11.6 Å². The molecule has 0 radical (unpaired) electrons. The molecule has 1 fully saturated rings. The molecule has 1 saturated carbocycles. The van der Waals surface area contributed by atoms with Gasteiger partial charge in [0.25, 0.3) is 5.91 Å². The molecule has 2 aliphatic rings. The van der Waals surface area contributed by atoms with Crippen LogP contribution in [-0.2, 0) is 4.79 Å². The van der Waals surface area contributed by atoms with Crippen LogP contribution in [-0.4, -0.2) is 33.3 Å². The highest BCUT2D eigenvalue weighted by atomic mass is 35.5. The maximum Gasteiger partial charge on any atom is 0.335 e. The Morgan fingerprint density at radius 1 is 1.09 bits per heavy atom. The summed E-state index contributed by atoms with van der Waals surface area (Å²) in [5.74, 6) is -1.08. The Morgan fingerprint density at radius 2 is 1.72 bits per heavy atom. The number of carboxylic acids is 1. The average Bonchev–Trinajstić information content (AvgIpc) is 3.03. The van der Waals surface area contributed by atoms with Crippen molar-refractivity contribution in [1.29, 1.82) is 0 Å². The zero-order valence-electron chi connectivity index (χ0n) is 18.0. The first kappa shape index (κ1) is 22.8. The van der Waals surface area contributed by atoms with Crippen molar-refractivity contribution in [3.05, 3.63) is 69.2 Å². The lowest BCUT2D eigenvalue weighted by Crippen LogP contribution is -2.50. The van der Waals surface area contributed by atoms with Gasteiger partial charge >= 0.3 is 5.97 Å². The van der Waals surface area contributed by atoms with E-state index in [4.69, 9.17) is 28.2 Å². The maximum absolute atomic E-state index is 13.9. The topological polar surface area (TPSA) is 70.0 Å². The number of benzene rings is 2. The number of aromatic carboxylic acids is 1. The van der Waals surface area contributed by atoms with E-state index in [0.29, 0.717) is 21.3 Å². The second-order valence-corrected chi connectivity index (χ2v) is 9.44. The lowest BCUT2D eigenvalue weighted by molar-refractivity contribution is -0.132. The SMILES string of the molecule is CCC[C@H](c1ccc(C(=O)O)cc1)N1C(=O)C(c2cc(Cl)cc(Cl)c2)=NC12CCCCC2. The van der Waals surface area contributed by atoms with Gasteiger partial charge in [0.2, 0.25) is 0 Å². The number of aliphatic imine (C=N–C) groups is 1. The molecule has 5 nitrogen and oxygen atoms in total. The van der Waals surface area contributed by atoms with Crippen molar-refractivity contribution in [2.75, 3.05) is 0 Å². The molecule has 1 spiro atoms. The summed E-state index contributed by atoms with van der Waals surface area (Å²) in [6.45, 7) is 2.09. The van der Waals surface area contributed by atoms with Crippen molar-refractivity contribution in [2.24, 2.45) is 4.99 Å². The number of hydrogen-bond acceptors (Lipinski definition) is 3. The standard InChI is InChI=1S/C25H26Cl2N2O3/c1-2-6-21(16-7-9-17(10-8-16)24(31)32)29-23(30)22(18-13-19(26)15-20(27)14-18)28-25(29)11-4-3-5-12-25/h7-10,13-15,21H,2-6,11-12H2,1H3,(H,31,32)/t21-/m1/s1. The number of nitrogens with zero attached hydrogens (tertiary/aromatic N) is 2. The Kier molecular flexibility index (Phi) is 6.59. The molecule has 7 heteroatoms. The molecule has 32 heavy (non-hydrogen) atoms. The van der Waals surface area contributed by atoms with Crippen molar-refractivity contribution in [3.8, 4) is 0 Å². The number of hydrogen-bond donors (Lipinski definition) is 1. The van der Waals surface area contributed by atoms with Crippen LogP contribution in [0.2, 0.25) is 10.0 Å². The third-order valence-electron chi connectivity index (χ3n) is 6.40. The highest BCUT2D eigenvalue weighted by Crippen LogP contribution is 2.45. The van der Waals surface area contributed by atoms with Gasteiger partial charge in [-0.15, -0.1) is 0 Å². The molecule has 1 amide bonds. The summed E-state index contributed by atoms with van der Waals surface area (Å²) in [6, 6.07) is 11.8. The van der Waals surface area contributed by atoms with Crippen LogP contribution in [0, 0.1) is 0 Å². The van der Waals surface area contributed by atoms with Gasteiger partial charge in [-0.3, -0.25) is 9.79 Å². The molecule has 1 atom stereocenters. The van der Waals surface area contributed by atoms with Gasteiger partial charge in [-0.05, 0) is 68.0 Å². The number of rotatable bonds is 6. The third kappa shape index (κ3) is 4.28. The molecule has 1 aliphatic carbocycles. The number of amides is 1. The number of halogens is 2. The quantitative estimate of drug-likeness (QED) is 0.519. The molecule has 1 heterocycles. The number of carboxylic acid groups (broad SMARTS) is 1. The Bertz CT molecular complexity index is 1040. The summed E-state index contributed by atoms with van der Waals surface area (Å²) in [6.07, 6.45) is 6.40. The summed E-state index contributed by atoms with van der Waals surface area (Å²) < 4.78 is 0. The lowest BCUT2D eigenvalue weighted by Gasteiger charge is -2.44. The predicted molar refractivity (Wildman–Crippen MR) is 127 cm³/mol. The van der Waals surface area contributed by atoms with Crippen molar-refractivity contribution < 1.29 is 14.7 Å². The van der Waals surface area contributed by atoms with E-state index in [-0.39, 0.29) is 17.5 Å². The van der Waals surface area contributed by atoms with E-state index < -0.39 is 11.6 Å². The van der Waals surface area contributed by atoms with E-state index in [2.05, 4.69) is 6.92 Å². The van der Waals surface area contributed by atoms with E-state index >= 15 is 0 Å². The van der Waals surface area contributed by atoms with Gasteiger partial charge in [0.15, 0.2) is 0 Å². The van der Waals surface area contributed by atoms with Gasteiger partial charge in [-0.2, -0.15) is 0 Å². The maximum atomic E-state index is 13.9. The van der Waals surface area contributed by atoms with Crippen molar-refractivity contribution >= 4 is 40.8 Å². The molecule has 0 bridgehead atoms. The zero-order chi connectivity index (χ0) is 22.9. The van der Waals surface area contributed by atoms with Gasteiger partial charge in [0, 0.05) is 15.6 Å². The van der Waals surface area contributed by atoms with Crippen LogP contribution >= 0.6 is 23.2 Å². The molecule has 1 N–H and O–H groups in total. The van der Waals surface area contributed by atoms with E-state index in [1.54, 1.807) is 30.3 Å². The van der Waals surface area contributed by atoms with Gasteiger partial charge < -0.3 is 10.0 Å². The largest absolute Gasteiger partial charge is 0.478 e. The number of carbonyl (C=O) groups is 2. The van der Waals surface area contributed by atoms with E-state index in [0.717, 1.165) is 50.5 Å². The summed E-state index contributed by atoms with van der Waals surface area (Å²) in [4.78, 5) is 32.2. The van der Waals surface area contributed by atoms with Crippen molar-refractivity contribution in [2.45, 2.75) is 63.6 Å². The second-order valence-electron chi connectivity index (χ2n) is 8.57. The van der Waals surface area contributed by atoms with E-state index in [1.165, 1.54) is 0 Å². The van der Waals surface area contributed by atoms with Crippen LogP contribution in [0.1, 0.15) is 79.4 Å². The summed E-state index contributed by atoms with van der Waals surface area (Å²) in [7, 11) is 0. The highest BCUT2D eigenvalue weighted by molar-refractivity contribution is 6.47. The van der Waals surface area contributed by atoms with Gasteiger partial charge in [-0.25, -0.2) is 4.79 Å². The fraction of sp³-hybridized carbons (Fsp3) is 0.400. The number of carbonyl (C=O) groups excluding carboxylic acids is 1. The Labute approximate surface area is 198 Å². The molecular formula is C25H26Cl2N2O3. The molecule has 0 unspecified atom stereocenters. The Balaban J connectivity index is 1.79. The van der Waals surface area contributed by atoms with Crippen LogP contribution in [0.15, 0.2) is 47.5 Å². The van der Waals surface area contributed by atoms with E-state index in [1.807, 2.05) is 17.0 Å². The summed E-state index contributed by atoms with van der Waals surface area (Å²) in [5.41, 5.74) is 1.60. The van der Waals surface area contributed by atoms with Crippen LogP contribution in [0.4, 0.5) is 0 Å². The summed E-state index contributed by atoms with van der Waals surface area (Å²) >= 11 is 12.5. The monoisotopic (exact) mass is 472 g/mol. The minimum absolute atomic E-state index is 0.119. The van der Waals surface area contributed by atoms with Gasteiger partial charge in [0.1, 0.15) is 11.4 Å². The first-order chi connectivity index (χ1) is 15.3. The van der Waals surface area contributed by atoms with Gasteiger partial charge in [-0.1, -0.05) is 55.1 Å². The van der Waals surface area contributed by atoms with Crippen molar-refractivity contribution in [1.82, 2.24) is 4.90 Å². The predicted octanol–water partition coefficient (Wildman–Crippen LogP) is 6.52. The molecule has 2 aromatic rings. The fourth-order valence-corrected chi connectivity index (χ4v) is 5.49. The first-order valence-electron chi connectivity index (χ1n) is 11.1.